The summed E-state index contributed by atoms with van der Waals surface area (Å²) in [6, 6.07) is 4.95. The molecule has 184 valence electrons. The number of amides is 3. The zero-order valence-corrected chi connectivity index (χ0v) is 20.9. The Balaban J connectivity index is 1.79. The van der Waals surface area contributed by atoms with Gasteiger partial charge in [0.05, 0.1) is 23.1 Å². The van der Waals surface area contributed by atoms with E-state index >= 15 is 0 Å². The number of nitrogens with zero attached hydrogens (tertiary/aromatic N) is 1. The third-order valence-corrected chi connectivity index (χ3v) is 7.38. The summed E-state index contributed by atoms with van der Waals surface area (Å²) in [6.07, 6.45) is 4.15. The highest BCUT2D eigenvalue weighted by molar-refractivity contribution is 6.03. The first kappa shape index (κ1) is 24.4. The third-order valence-electron chi connectivity index (χ3n) is 7.38. The lowest BCUT2D eigenvalue weighted by atomic mass is 9.70. The van der Waals surface area contributed by atoms with Gasteiger partial charge in [-0.2, -0.15) is 0 Å². The molecule has 1 spiro atoms. The van der Waals surface area contributed by atoms with Crippen molar-refractivity contribution in [3.63, 3.8) is 0 Å². The van der Waals surface area contributed by atoms with E-state index in [1.807, 2.05) is 41.5 Å². The highest BCUT2D eigenvalue weighted by Gasteiger charge is 2.77. The molecule has 4 rings (SSSR count). The molecule has 0 saturated carbocycles. The van der Waals surface area contributed by atoms with Crippen molar-refractivity contribution in [2.24, 2.45) is 11.8 Å². The number of rotatable bonds is 5. The first-order valence-corrected chi connectivity index (χ1v) is 11.8. The van der Waals surface area contributed by atoms with Crippen LogP contribution in [0, 0.1) is 17.7 Å². The summed E-state index contributed by atoms with van der Waals surface area (Å²) in [6.45, 7) is 13.1. The largest absolute Gasteiger partial charge is 0.356 e. The fourth-order valence-electron chi connectivity index (χ4n) is 5.56. The van der Waals surface area contributed by atoms with Crippen LogP contribution < -0.4 is 10.6 Å². The molecule has 0 aromatic heterocycles. The number of fused-ring (bicyclic) bond motifs is 1. The van der Waals surface area contributed by atoms with Crippen molar-refractivity contribution in [3.05, 3.63) is 42.2 Å². The van der Waals surface area contributed by atoms with Crippen molar-refractivity contribution < 1.29 is 23.5 Å². The molecule has 2 N–H and O–H groups in total. The number of hydrogen-bond donors (Lipinski definition) is 2. The van der Waals surface area contributed by atoms with Gasteiger partial charge in [0.15, 0.2) is 0 Å². The molecule has 3 aliphatic rings. The number of anilines is 1. The Morgan fingerprint density at radius 2 is 1.76 bits per heavy atom. The smallest absolute Gasteiger partial charge is 0.246 e. The highest BCUT2D eigenvalue weighted by atomic mass is 19.1. The number of halogens is 1. The predicted octanol–water partition coefficient (Wildman–Crippen LogP) is 3.41. The van der Waals surface area contributed by atoms with Gasteiger partial charge in [-0.05, 0) is 60.1 Å². The summed E-state index contributed by atoms with van der Waals surface area (Å²) < 4.78 is 20.7. The van der Waals surface area contributed by atoms with Gasteiger partial charge < -0.3 is 20.3 Å². The first-order valence-electron chi connectivity index (χ1n) is 11.8. The van der Waals surface area contributed by atoms with E-state index in [4.69, 9.17) is 4.74 Å². The van der Waals surface area contributed by atoms with Crippen LogP contribution in [0.2, 0.25) is 0 Å². The van der Waals surface area contributed by atoms with Gasteiger partial charge in [-0.25, -0.2) is 4.39 Å². The third kappa shape index (κ3) is 3.54. The minimum atomic E-state index is -1.29. The van der Waals surface area contributed by atoms with Gasteiger partial charge in [0.1, 0.15) is 17.5 Å². The van der Waals surface area contributed by atoms with E-state index in [-0.39, 0.29) is 17.5 Å². The van der Waals surface area contributed by atoms with Gasteiger partial charge in [-0.1, -0.05) is 31.2 Å². The Morgan fingerprint density at radius 1 is 1.12 bits per heavy atom. The maximum absolute atomic E-state index is 14.3. The van der Waals surface area contributed by atoms with Gasteiger partial charge in [0.2, 0.25) is 17.7 Å². The fraction of sp³-hybridized carbons (Fsp3) is 0.577. The van der Waals surface area contributed by atoms with E-state index in [9.17, 15) is 18.8 Å². The van der Waals surface area contributed by atoms with Crippen LogP contribution in [0.1, 0.15) is 54.9 Å². The molecule has 5 atom stereocenters. The van der Waals surface area contributed by atoms with Crippen molar-refractivity contribution in [1.29, 1.82) is 0 Å². The number of hydrogen-bond acceptors (Lipinski definition) is 4. The molecule has 2 fully saturated rings. The molecule has 7 nitrogen and oxygen atoms in total. The molecule has 34 heavy (non-hydrogen) atoms. The van der Waals surface area contributed by atoms with Crippen molar-refractivity contribution >= 4 is 23.4 Å². The molecule has 0 radical (unpaired) electrons. The molecule has 3 heterocycles. The van der Waals surface area contributed by atoms with Crippen molar-refractivity contribution in [2.45, 2.75) is 83.2 Å². The predicted molar refractivity (Wildman–Crippen MR) is 126 cm³/mol. The van der Waals surface area contributed by atoms with Gasteiger partial charge in [-0.15, -0.1) is 0 Å². The summed E-state index contributed by atoms with van der Waals surface area (Å²) in [7, 11) is 0. The van der Waals surface area contributed by atoms with Gasteiger partial charge in [0.25, 0.3) is 0 Å². The van der Waals surface area contributed by atoms with Crippen LogP contribution in [0.4, 0.5) is 10.1 Å². The lowest BCUT2D eigenvalue weighted by Gasteiger charge is -2.42. The molecule has 3 aliphatic heterocycles. The minimum absolute atomic E-state index is 0.0371. The van der Waals surface area contributed by atoms with Crippen molar-refractivity contribution in [3.8, 4) is 0 Å². The van der Waals surface area contributed by atoms with Crippen LogP contribution in [-0.4, -0.2) is 50.9 Å². The number of benzene rings is 1. The molecule has 0 unspecified atom stereocenters. The zero-order valence-electron chi connectivity index (χ0n) is 20.9. The molecule has 1 aromatic carbocycles. The molecule has 2 bridgehead atoms. The molecule has 3 amide bonds. The topological polar surface area (TPSA) is 87.7 Å². The Bertz CT molecular complexity index is 1080. The standard InChI is InChI=1S/C26H34FN3O4/c1-8-24(5,6)30-19(21(32)29-23(2,3)4)26-14-13-25(7,34-26)17(18(26)22(30)33)20(31)28-16-12-10-9-11-15(16)27/h9-14,17-19H,8H2,1-7H3,(H,28,31)(H,29,32)/t17-,18+,19-,25+,26+/m0/s1. The molecule has 8 heteroatoms. The van der Waals surface area contributed by atoms with Crippen LogP contribution in [-0.2, 0) is 19.1 Å². The van der Waals surface area contributed by atoms with Gasteiger partial charge in [0, 0.05) is 11.1 Å². The van der Waals surface area contributed by atoms with Crippen LogP contribution in [0.3, 0.4) is 0 Å². The van der Waals surface area contributed by atoms with E-state index in [0.717, 1.165) is 0 Å². The second kappa shape index (κ2) is 7.63. The van der Waals surface area contributed by atoms with Crippen LogP contribution in [0.5, 0.6) is 0 Å². The quantitative estimate of drug-likeness (QED) is 0.645. The number of para-hydroxylation sites is 1. The fourth-order valence-corrected chi connectivity index (χ4v) is 5.56. The Kier molecular flexibility index (Phi) is 5.47. The van der Waals surface area contributed by atoms with Crippen molar-refractivity contribution in [1.82, 2.24) is 10.2 Å². The normalized spacial score (nSPS) is 32.2. The Morgan fingerprint density at radius 3 is 2.35 bits per heavy atom. The lowest BCUT2D eigenvalue weighted by molar-refractivity contribution is -0.151. The minimum Gasteiger partial charge on any atom is -0.356 e. The van der Waals surface area contributed by atoms with E-state index < -0.39 is 51.9 Å². The zero-order chi connectivity index (χ0) is 25.3. The summed E-state index contributed by atoms with van der Waals surface area (Å²) in [5.41, 5.74) is -3.53. The lowest BCUT2D eigenvalue weighted by Crippen LogP contribution is -2.62. The van der Waals surface area contributed by atoms with Crippen LogP contribution in [0.25, 0.3) is 0 Å². The van der Waals surface area contributed by atoms with Crippen LogP contribution in [0.15, 0.2) is 36.4 Å². The highest BCUT2D eigenvalue weighted by Crippen LogP contribution is 2.61. The Hall–Kier alpha value is -2.74. The van der Waals surface area contributed by atoms with E-state index in [1.165, 1.54) is 18.2 Å². The van der Waals surface area contributed by atoms with E-state index in [0.29, 0.717) is 6.42 Å². The monoisotopic (exact) mass is 471 g/mol. The number of likely N-dealkylation sites (tertiary alicyclic amines) is 1. The second-order valence-corrected chi connectivity index (χ2v) is 11.4. The Labute approximate surface area is 200 Å². The molecule has 0 aliphatic carbocycles. The van der Waals surface area contributed by atoms with Gasteiger partial charge >= 0.3 is 0 Å². The number of nitrogens with one attached hydrogen (secondary N) is 2. The van der Waals surface area contributed by atoms with Crippen molar-refractivity contribution in [2.75, 3.05) is 5.32 Å². The molecule has 1 aromatic rings. The number of carbonyl (C=O) groups excluding carboxylic acids is 3. The first-order chi connectivity index (χ1) is 15.7. The summed E-state index contributed by atoms with van der Waals surface area (Å²) in [5, 5.41) is 5.65. The molecular formula is C26H34FN3O4. The SMILES string of the molecule is CCC(C)(C)N1C(=O)[C@H]2[C@@H](C(=O)Nc3ccccc3F)[C@@]3(C)C=C[C@]2(O3)[C@@H]1C(=O)NC(C)(C)C. The number of ether oxygens (including phenoxy) is 1. The van der Waals surface area contributed by atoms with Crippen LogP contribution >= 0.6 is 0 Å². The van der Waals surface area contributed by atoms with E-state index in [2.05, 4.69) is 10.6 Å². The van der Waals surface area contributed by atoms with E-state index in [1.54, 1.807) is 30.0 Å². The second-order valence-electron chi connectivity index (χ2n) is 11.4. The summed E-state index contributed by atoms with van der Waals surface area (Å²) >= 11 is 0. The maximum Gasteiger partial charge on any atom is 0.246 e. The average Bonchev–Trinajstić information content (AvgIpc) is 3.29. The van der Waals surface area contributed by atoms with Gasteiger partial charge in [-0.3, -0.25) is 14.4 Å². The average molecular weight is 472 g/mol. The maximum atomic E-state index is 14.3. The number of carbonyl (C=O) groups is 3. The molecule has 2 saturated heterocycles. The summed E-state index contributed by atoms with van der Waals surface area (Å²) in [4.78, 5) is 42.8. The molecular weight excluding hydrogens is 437 g/mol. The summed E-state index contributed by atoms with van der Waals surface area (Å²) in [5.74, 6) is -3.54.